The second kappa shape index (κ2) is 5.73. The van der Waals surface area contributed by atoms with E-state index in [1.165, 1.54) is 0 Å². The van der Waals surface area contributed by atoms with E-state index in [0.29, 0.717) is 23.7 Å². The molecule has 1 heterocycles. The van der Waals surface area contributed by atoms with Gasteiger partial charge < -0.3 is 18.9 Å². The number of carbonyl (C=O) groups excluding carboxylic acids is 1. The predicted octanol–water partition coefficient (Wildman–Crippen LogP) is 2.00. The zero-order valence-corrected chi connectivity index (χ0v) is 10.5. The second-order valence-corrected chi connectivity index (χ2v) is 4.12. The summed E-state index contributed by atoms with van der Waals surface area (Å²) in [5.41, 5.74) is 0.448. The highest BCUT2D eigenvalue weighted by Crippen LogP contribution is 2.32. The molecule has 0 aliphatic carbocycles. The van der Waals surface area contributed by atoms with Crippen LogP contribution in [0.1, 0.15) is 24.2 Å². The lowest BCUT2D eigenvalue weighted by Gasteiger charge is -2.08. The van der Waals surface area contributed by atoms with Gasteiger partial charge in [0, 0.05) is 0 Å². The molecule has 0 saturated carbocycles. The van der Waals surface area contributed by atoms with Crippen LogP contribution < -0.4 is 9.47 Å². The molecule has 0 radical (unpaired) electrons. The molecule has 0 unspecified atom stereocenters. The number of ether oxygens (including phenoxy) is 4. The van der Waals surface area contributed by atoms with E-state index in [1.807, 2.05) is 13.8 Å². The van der Waals surface area contributed by atoms with Gasteiger partial charge in [-0.25, -0.2) is 4.79 Å². The zero-order chi connectivity index (χ0) is 13.0. The molecule has 0 atom stereocenters. The van der Waals surface area contributed by atoms with E-state index in [9.17, 15) is 4.79 Å². The molecule has 1 aromatic carbocycles. The van der Waals surface area contributed by atoms with E-state index in [0.717, 1.165) is 0 Å². The van der Waals surface area contributed by atoms with Crippen molar-refractivity contribution in [3.8, 4) is 11.5 Å². The Bertz CT molecular complexity index is 427. The molecule has 0 N–H and O–H groups in total. The Morgan fingerprint density at radius 3 is 2.83 bits per heavy atom. The fraction of sp³-hybridized carbons (Fsp3) is 0.462. The molecular weight excluding hydrogens is 236 g/mol. The summed E-state index contributed by atoms with van der Waals surface area (Å²) >= 11 is 0. The first kappa shape index (κ1) is 12.7. The van der Waals surface area contributed by atoms with Gasteiger partial charge in [-0.3, -0.25) is 0 Å². The maximum Gasteiger partial charge on any atom is 0.338 e. The normalized spacial score (nSPS) is 12.8. The summed E-state index contributed by atoms with van der Waals surface area (Å²) in [4.78, 5) is 11.7. The summed E-state index contributed by atoms with van der Waals surface area (Å²) in [6, 6.07) is 4.97. The Labute approximate surface area is 106 Å². The molecule has 0 bridgehead atoms. The van der Waals surface area contributed by atoms with Crippen molar-refractivity contribution in [1.29, 1.82) is 0 Å². The van der Waals surface area contributed by atoms with Crippen LogP contribution in [0.5, 0.6) is 11.5 Å². The molecule has 0 amide bonds. The van der Waals surface area contributed by atoms with Crippen molar-refractivity contribution in [1.82, 2.24) is 0 Å². The quantitative estimate of drug-likeness (QED) is 0.592. The van der Waals surface area contributed by atoms with Gasteiger partial charge in [-0.05, 0) is 32.0 Å². The average Bonchev–Trinajstić information content (AvgIpc) is 2.81. The summed E-state index contributed by atoms with van der Waals surface area (Å²) in [6.07, 6.45) is 0.134. The van der Waals surface area contributed by atoms with E-state index < -0.39 is 0 Å². The molecule has 0 saturated heterocycles. The van der Waals surface area contributed by atoms with Crippen molar-refractivity contribution in [2.45, 2.75) is 20.0 Å². The molecule has 1 aromatic rings. The number of rotatable bonds is 5. The van der Waals surface area contributed by atoms with Crippen LogP contribution in [0.15, 0.2) is 18.2 Å². The van der Waals surface area contributed by atoms with Gasteiger partial charge >= 0.3 is 5.97 Å². The molecule has 5 nitrogen and oxygen atoms in total. The Kier molecular flexibility index (Phi) is 4.04. The lowest BCUT2D eigenvalue weighted by molar-refractivity contribution is 0.0177. The average molecular weight is 252 g/mol. The van der Waals surface area contributed by atoms with Crippen LogP contribution >= 0.6 is 0 Å². The maximum atomic E-state index is 11.7. The first-order valence-electron chi connectivity index (χ1n) is 5.85. The first-order valence-corrected chi connectivity index (χ1v) is 5.85. The highest BCUT2D eigenvalue weighted by molar-refractivity contribution is 5.90. The Balaban J connectivity index is 1.85. The molecule has 98 valence electrons. The molecule has 0 fully saturated rings. The van der Waals surface area contributed by atoms with Crippen LogP contribution in [0, 0.1) is 0 Å². The highest BCUT2D eigenvalue weighted by atomic mass is 16.7. The van der Waals surface area contributed by atoms with Crippen molar-refractivity contribution < 1.29 is 23.7 Å². The number of hydrogen-bond acceptors (Lipinski definition) is 5. The number of carbonyl (C=O) groups is 1. The van der Waals surface area contributed by atoms with E-state index >= 15 is 0 Å². The first-order chi connectivity index (χ1) is 8.66. The summed E-state index contributed by atoms with van der Waals surface area (Å²) in [5, 5.41) is 0. The van der Waals surface area contributed by atoms with Crippen molar-refractivity contribution >= 4 is 5.97 Å². The van der Waals surface area contributed by atoms with E-state index in [1.54, 1.807) is 18.2 Å². The molecule has 0 aromatic heterocycles. The van der Waals surface area contributed by atoms with E-state index in [2.05, 4.69) is 0 Å². The third-order valence-corrected chi connectivity index (χ3v) is 2.38. The molecule has 1 aliphatic heterocycles. The standard InChI is InChI=1S/C13H16O5/c1-9(2)15-5-6-16-13(14)10-3-4-11-12(7-10)18-8-17-11/h3-4,7,9H,5-6,8H2,1-2H3. The zero-order valence-electron chi connectivity index (χ0n) is 10.5. The number of esters is 1. The molecule has 1 aliphatic rings. The van der Waals surface area contributed by atoms with Gasteiger partial charge in [0.1, 0.15) is 6.61 Å². The summed E-state index contributed by atoms with van der Waals surface area (Å²) in [7, 11) is 0. The largest absolute Gasteiger partial charge is 0.460 e. The van der Waals surface area contributed by atoms with Crippen molar-refractivity contribution in [3.05, 3.63) is 23.8 Å². The maximum absolute atomic E-state index is 11.7. The van der Waals surface area contributed by atoms with Crippen molar-refractivity contribution in [2.75, 3.05) is 20.0 Å². The van der Waals surface area contributed by atoms with Crippen LogP contribution in [0.25, 0.3) is 0 Å². The topological polar surface area (TPSA) is 54.0 Å². The third kappa shape index (κ3) is 3.13. The summed E-state index contributed by atoms with van der Waals surface area (Å²) in [5.74, 6) is 0.832. The molecule has 18 heavy (non-hydrogen) atoms. The second-order valence-electron chi connectivity index (χ2n) is 4.12. The molecule has 0 spiro atoms. The Morgan fingerprint density at radius 2 is 2.06 bits per heavy atom. The number of benzene rings is 1. The van der Waals surface area contributed by atoms with Gasteiger partial charge in [-0.15, -0.1) is 0 Å². The van der Waals surface area contributed by atoms with Crippen LogP contribution in [0.3, 0.4) is 0 Å². The van der Waals surface area contributed by atoms with Gasteiger partial charge in [0.25, 0.3) is 0 Å². The molecule has 2 rings (SSSR count). The molecule has 5 heteroatoms. The summed E-state index contributed by atoms with van der Waals surface area (Å²) < 4.78 is 20.7. The fourth-order valence-corrected chi connectivity index (χ4v) is 1.53. The Morgan fingerprint density at radius 1 is 1.28 bits per heavy atom. The lowest BCUT2D eigenvalue weighted by atomic mass is 10.2. The fourth-order valence-electron chi connectivity index (χ4n) is 1.53. The van der Waals surface area contributed by atoms with Gasteiger partial charge in [0.2, 0.25) is 6.79 Å². The third-order valence-electron chi connectivity index (χ3n) is 2.38. The van der Waals surface area contributed by atoms with Crippen LogP contribution in [-0.4, -0.2) is 32.1 Å². The van der Waals surface area contributed by atoms with E-state index in [4.69, 9.17) is 18.9 Å². The number of hydrogen-bond donors (Lipinski definition) is 0. The van der Waals surface area contributed by atoms with Gasteiger partial charge in [0.05, 0.1) is 18.3 Å². The number of fused-ring (bicyclic) bond motifs is 1. The highest BCUT2D eigenvalue weighted by Gasteiger charge is 2.16. The van der Waals surface area contributed by atoms with Crippen LogP contribution in [-0.2, 0) is 9.47 Å². The predicted molar refractivity (Wildman–Crippen MR) is 63.9 cm³/mol. The van der Waals surface area contributed by atoms with Gasteiger partial charge in [0.15, 0.2) is 11.5 Å². The Hall–Kier alpha value is -1.75. The molecular formula is C13H16O5. The minimum absolute atomic E-state index is 0.134. The smallest absolute Gasteiger partial charge is 0.338 e. The van der Waals surface area contributed by atoms with Gasteiger partial charge in [-0.2, -0.15) is 0 Å². The van der Waals surface area contributed by atoms with Crippen LogP contribution in [0.4, 0.5) is 0 Å². The minimum atomic E-state index is -0.388. The van der Waals surface area contributed by atoms with Crippen LogP contribution in [0.2, 0.25) is 0 Å². The lowest BCUT2D eigenvalue weighted by Crippen LogP contribution is -2.13. The summed E-state index contributed by atoms with van der Waals surface area (Å²) in [6.45, 7) is 4.69. The van der Waals surface area contributed by atoms with E-state index in [-0.39, 0.29) is 25.5 Å². The van der Waals surface area contributed by atoms with Crippen molar-refractivity contribution in [3.63, 3.8) is 0 Å². The van der Waals surface area contributed by atoms with Crippen molar-refractivity contribution in [2.24, 2.45) is 0 Å². The SMILES string of the molecule is CC(C)OCCOC(=O)c1ccc2c(c1)OCO2. The monoisotopic (exact) mass is 252 g/mol. The minimum Gasteiger partial charge on any atom is -0.460 e. The van der Waals surface area contributed by atoms with Gasteiger partial charge in [-0.1, -0.05) is 0 Å².